The van der Waals surface area contributed by atoms with Crippen LogP contribution in [-0.2, 0) is 9.84 Å². The summed E-state index contributed by atoms with van der Waals surface area (Å²) in [7, 11) is -3.03. The van der Waals surface area contributed by atoms with E-state index < -0.39 is 9.84 Å². The van der Waals surface area contributed by atoms with E-state index in [-0.39, 0.29) is 5.75 Å². The summed E-state index contributed by atoms with van der Waals surface area (Å²) in [4.78, 5) is 4.29. The normalized spacial score (nSPS) is 14.6. The Morgan fingerprint density at radius 3 is 2.52 bits per heavy atom. The molecular formula is C18H15ClN3O2PS2. The van der Waals surface area contributed by atoms with E-state index in [1.807, 2.05) is 30.3 Å². The second-order valence-electron chi connectivity index (χ2n) is 5.87. The second-order valence-corrected chi connectivity index (χ2v) is 10.7. The quantitative estimate of drug-likeness (QED) is 0.583. The number of aromatic nitrogens is 2. The third-order valence-electron chi connectivity index (χ3n) is 3.94. The van der Waals surface area contributed by atoms with E-state index in [0.717, 1.165) is 17.0 Å². The van der Waals surface area contributed by atoms with Crippen LogP contribution in [0.25, 0.3) is 16.9 Å². The molecule has 1 aliphatic heterocycles. The summed E-state index contributed by atoms with van der Waals surface area (Å²) in [5, 5.41) is 5.88. The number of rotatable bonds is 5. The van der Waals surface area contributed by atoms with Crippen molar-refractivity contribution < 1.29 is 8.42 Å². The molecule has 0 saturated heterocycles. The minimum absolute atomic E-state index is 0.0742. The third-order valence-corrected chi connectivity index (χ3v) is 8.79. The van der Waals surface area contributed by atoms with Crippen molar-refractivity contribution in [2.75, 3.05) is 18.1 Å². The average molecular weight is 436 g/mol. The van der Waals surface area contributed by atoms with Crippen molar-refractivity contribution >= 4 is 46.6 Å². The Kier molecular flexibility index (Phi) is 5.37. The Morgan fingerprint density at radius 2 is 1.85 bits per heavy atom. The van der Waals surface area contributed by atoms with E-state index in [2.05, 4.69) is 10.1 Å². The lowest BCUT2D eigenvalue weighted by atomic mass is 10.2. The minimum Gasteiger partial charge on any atom is -0.281 e. The number of benzene rings is 2. The molecular weight excluding hydrogens is 421 g/mol. The lowest BCUT2D eigenvalue weighted by Crippen LogP contribution is -2.12. The molecule has 2 heterocycles. The van der Waals surface area contributed by atoms with Gasteiger partial charge < -0.3 is 0 Å². The van der Waals surface area contributed by atoms with Crippen molar-refractivity contribution in [2.45, 2.75) is 4.63 Å². The Hall–Kier alpha value is -1.66. The van der Waals surface area contributed by atoms with Crippen molar-refractivity contribution in [3.8, 4) is 16.9 Å². The topological polar surface area (TPSA) is 64.3 Å². The molecule has 0 fully saturated rings. The summed E-state index contributed by atoms with van der Waals surface area (Å²) in [6.45, 7) is 0.677. The average Bonchev–Trinajstić information content (AvgIpc) is 3.33. The number of sulfone groups is 1. The maximum atomic E-state index is 13.1. The SMILES string of the molecule is O=S(=O)(CC1=NCCS1)c1pn(-c2ccccc2)nc1-c1ccc(Cl)cc1. The molecule has 5 nitrogen and oxygen atoms in total. The van der Waals surface area contributed by atoms with Crippen molar-refractivity contribution in [3.63, 3.8) is 0 Å². The highest BCUT2D eigenvalue weighted by Gasteiger charge is 2.27. The summed E-state index contributed by atoms with van der Waals surface area (Å²) in [6, 6.07) is 16.6. The molecule has 0 bridgehead atoms. The molecule has 4 rings (SSSR count). The van der Waals surface area contributed by atoms with Crippen LogP contribution in [0.2, 0.25) is 5.02 Å². The summed E-state index contributed by atoms with van der Waals surface area (Å²) < 4.78 is 28.3. The Morgan fingerprint density at radius 1 is 1.11 bits per heavy atom. The second kappa shape index (κ2) is 7.76. The molecule has 3 aromatic rings. The fourth-order valence-corrected chi connectivity index (χ4v) is 6.94. The number of para-hydroxylation sites is 1. The summed E-state index contributed by atoms with van der Waals surface area (Å²) in [5.74, 6) is 0.765. The van der Waals surface area contributed by atoms with E-state index in [4.69, 9.17) is 11.6 Å². The number of nitrogens with zero attached hydrogens (tertiary/aromatic N) is 3. The van der Waals surface area contributed by atoms with Gasteiger partial charge in [0.25, 0.3) is 0 Å². The van der Waals surface area contributed by atoms with Gasteiger partial charge in [-0.25, -0.2) is 12.9 Å². The summed E-state index contributed by atoms with van der Waals surface area (Å²) >= 11 is 7.49. The van der Waals surface area contributed by atoms with Gasteiger partial charge in [-0.2, -0.15) is 5.10 Å². The molecule has 1 aromatic heterocycles. The summed E-state index contributed by atoms with van der Waals surface area (Å²) in [5.41, 5.74) is 2.02. The first-order chi connectivity index (χ1) is 13.0. The molecule has 0 aliphatic carbocycles. The van der Waals surface area contributed by atoms with Crippen molar-refractivity contribution in [1.82, 2.24) is 9.54 Å². The van der Waals surface area contributed by atoms with Gasteiger partial charge in [0.2, 0.25) is 0 Å². The van der Waals surface area contributed by atoms with Gasteiger partial charge in [-0.05, 0) is 24.3 Å². The van der Waals surface area contributed by atoms with Gasteiger partial charge in [0.1, 0.15) is 16.1 Å². The Labute approximate surface area is 168 Å². The molecule has 0 radical (unpaired) electrons. The first-order valence-corrected chi connectivity index (χ1v) is 12.1. The first-order valence-electron chi connectivity index (χ1n) is 8.20. The smallest absolute Gasteiger partial charge is 0.192 e. The van der Waals surface area contributed by atoms with Crippen molar-refractivity contribution in [2.24, 2.45) is 4.99 Å². The fourth-order valence-electron chi connectivity index (χ4n) is 2.67. The van der Waals surface area contributed by atoms with E-state index in [1.54, 1.807) is 28.7 Å². The maximum absolute atomic E-state index is 13.1. The van der Waals surface area contributed by atoms with Gasteiger partial charge in [-0.3, -0.25) is 4.99 Å². The van der Waals surface area contributed by atoms with Crippen molar-refractivity contribution in [3.05, 3.63) is 59.6 Å². The zero-order valence-corrected chi connectivity index (χ0v) is 17.4. The van der Waals surface area contributed by atoms with Crippen LogP contribution in [0.3, 0.4) is 0 Å². The van der Waals surface area contributed by atoms with Crippen LogP contribution in [0.1, 0.15) is 0 Å². The molecule has 0 saturated carbocycles. The van der Waals surface area contributed by atoms with E-state index in [1.165, 1.54) is 11.8 Å². The largest absolute Gasteiger partial charge is 0.281 e. The van der Waals surface area contributed by atoms with Crippen LogP contribution in [0.5, 0.6) is 0 Å². The van der Waals surface area contributed by atoms with Crippen molar-refractivity contribution in [1.29, 1.82) is 0 Å². The number of hydrogen-bond donors (Lipinski definition) is 0. The predicted molar refractivity (Wildman–Crippen MR) is 113 cm³/mol. The molecule has 1 aliphatic rings. The molecule has 0 spiro atoms. The maximum Gasteiger partial charge on any atom is 0.192 e. The lowest BCUT2D eigenvalue weighted by molar-refractivity contribution is 0.602. The van der Waals surface area contributed by atoms with Crippen LogP contribution >= 0.6 is 31.7 Å². The summed E-state index contributed by atoms with van der Waals surface area (Å²) in [6.07, 6.45) is 0. The number of thioether (sulfide) groups is 1. The standard InChI is InChI=1S/C18H15ClN3O2PS2/c19-14-8-6-13(7-9-14)17-18(27(23,24)12-16-20-10-11-26-16)25-22(21-17)15-4-2-1-3-5-15/h1-9H,10-12H2. The zero-order chi connectivity index (χ0) is 18.9. The number of aliphatic imine (C=N–C) groups is 1. The Balaban J connectivity index is 1.83. The monoisotopic (exact) mass is 435 g/mol. The van der Waals surface area contributed by atoms with Crippen LogP contribution in [0.4, 0.5) is 0 Å². The van der Waals surface area contributed by atoms with Crippen LogP contribution < -0.4 is 0 Å². The molecule has 27 heavy (non-hydrogen) atoms. The molecule has 9 heteroatoms. The molecule has 138 valence electrons. The molecule has 0 N–H and O–H groups in total. The zero-order valence-electron chi connectivity index (χ0n) is 14.1. The first kappa shape index (κ1) is 18.7. The van der Waals surface area contributed by atoms with E-state index in [9.17, 15) is 8.42 Å². The number of halogens is 1. The highest BCUT2D eigenvalue weighted by molar-refractivity contribution is 8.15. The Bertz CT molecular complexity index is 1100. The highest BCUT2D eigenvalue weighted by Crippen LogP contribution is 2.36. The van der Waals surface area contributed by atoms with Gasteiger partial charge in [0, 0.05) is 22.9 Å². The molecule has 2 aromatic carbocycles. The third kappa shape index (κ3) is 4.11. The van der Waals surface area contributed by atoms with Crippen LogP contribution in [-0.4, -0.2) is 41.1 Å². The molecule has 0 unspecified atom stereocenters. The van der Waals surface area contributed by atoms with Gasteiger partial charge in [0.05, 0.1) is 19.1 Å². The van der Waals surface area contributed by atoms with Gasteiger partial charge in [0.15, 0.2) is 9.84 Å². The molecule has 0 amide bonds. The predicted octanol–water partition coefficient (Wildman–Crippen LogP) is 4.69. The minimum atomic E-state index is -3.54. The lowest BCUT2D eigenvalue weighted by Gasteiger charge is -2.04. The molecule has 0 atom stereocenters. The highest BCUT2D eigenvalue weighted by atomic mass is 35.5. The van der Waals surface area contributed by atoms with E-state index >= 15 is 0 Å². The number of hydrogen-bond acceptors (Lipinski definition) is 5. The fraction of sp³-hybridized carbons (Fsp3) is 0.167. The van der Waals surface area contributed by atoms with E-state index in [0.29, 0.717) is 35.3 Å². The van der Waals surface area contributed by atoms with Gasteiger partial charge in [-0.15, -0.1) is 11.8 Å². The van der Waals surface area contributed by atoms with Crippen LogP contribution in [0, 0.1) is 0 Å². The van der Waals surface area contributed by atoms with Crippen LogP contribution in [0.15, 0.2) is 64.2 Å². The van der Waals surface area contributed by atoms with Gasteiger partial charge >= 0.3 is 0 Å². The van der Waals surface area contributed by atoms with Gasteiger partial charge in [-0.1, -0.05) is 41.9 Å².